The summed E-state index contributed by atoms with van der Waals surface area (Å²) in [4.78, 5) is 0. The molecule has 0 aromatic rings. The molecule has 36 valence electrons. The molecule has 0 radical (unpaired) electrons. The van der Waals surface area contributed by atoms with Gasteiger partial charge in [0.25, 0.3) is 0 Å². The minimum Gasteiger partial charge on any atom is -0.199 e. The van der Waals surface area contributed by atoms with Crippen molar-refractivity contribution >= 4 is 0 Å². The van der Waals surface area contributed by atoms with Crippen molar-refractivity contribution < 1.29 is 26.2 Å². The van der Waals surface area contributed by atoms with Crippen molar-refractivity contribution in [2.24, 2.45) is 0 Å². The van der Waals surface area contributed by atoms with Gasteiger partial charge in [-0.15, -0.1) is 0 Å². The second-order valence-electron chi connectivity index (χ2n) is 0.447. The van der Waals surface area contributed by atoms with E-state index in [1.54, 1.807) is 12.1 Å². The fourth-order valence-electron chi connectivity index (χ4n) is 0. The van der Waals surface area contributed by atoms with Crippen LogP contribution in [0.3, 0.4) is 0 Å². The molecular weight excluding hydrogens is 167 g/mol. The molecule has 0 bridgehead atoms. The molecule has 0 heterocycles. The molecule has 0 aromatic carbocycles. The molecule has 0 aromatic heterocycles. The standard InChI is InChI=1S/2C2H3N.Zr/c2*1-2-3;/h2*1H3;. The van der Waals surface area contributed by atoms with Gasteiger partial charge in [0.15, 0.2) is 0 Å². The molecule has 0 saturated carbocycles. The smallest absolute Gasteiger partial charge is 0.0587 e. The quantitative estimate of drug-likeness (QED) is 0.550. The van der Waals surface area contributed by atoms with Gasteiger partial charge in [-0.05, 0) is 0 Å². The van der Waals surface area contributed by atoms with Gasteiger partial charge in [-0.1, -0.05) is 0 Å². The van der Waals surface area contributed by atoms with E-state index in [2.05, 4.69) is 0 Å². The minimum atomic E-state index is 0. The van der Waals surface area contributed by atoms with Crippen LogP contribution >= 0.6 is 0 Å². The van der Waals surface area contributed by atoms with Crippen LogP contribution in [-0.4, -0.2) is 0 Å². The number of hydrogen-bond donors (Lipinski definition) is 0. The molecule has 3 heteroatoms. The van der Waals surface area contributed by atoms with Gasteiger partial charge in [-0.25, -0.2) is 0 Å². The predicted molar refractivity (Wildman–Crippen MR) is 22.6 cm³/mol. The summed E-state index contributed by atoms with van der Waals surface area (Å²) in [6.45, 7) is 2.86. The normalized spacial score (nSPS) is 2.29. The van der Waals surface area contributed by atoms with Crippen LogP contribution in [-0.2, 0) is 26.2 Å². The molecule has 7 heavy (non-hydrogen) atoms. The fraction of sp³-hybridized carbons (Fsp3) is 0.500. The SMILES string of the molecule is CC#N.CC#N.[Zr]. The number of nitrogens with zero attached hydrogens (tertiary/aromatic N) is 2. The zero-order chi connectivity index (χ0) is 5.41. The number of rotatable bonds is 0. The van der Waals surface area contributed by atoms with Gasteiger partial charge in [0.05, 0.1) is 12.1 Å². The molecule has 0 aliphatic carbocycles. The van der Waals surface area contributed by atoms with Crippen LogP contribution in [0.25, 0.3) is 0 Å². The molecule has 0 fully saturated rings. The Balaban J connectivity index is -0.0000000400. The van der Waals surface area contributed by atoms with Gasteiger partial charge in [0.1, 0.15) is 0 Å². The van der Waals surface area contributed by atoms with Crippen LogP contribution in [0.15, 0.2) is 0 Å². The van der Waals surface area contributed by atoms with Crippen molar-refractivity contribution in [2.45, 2.75) is 13.8 Å². The van der Waals surface area contributed by atoms with Crippen LogP contribution in [0.2, 0.25) is 0 Å². The molecule has 0 N–H and O–H groups in total. The maximum Gasteiger partial charge on any atom is 0.0587 e. The molecule has 0 amide bonds. The summed E-state index contributed by atoms with van der Waals surface area (Å²) in [6.07, 6.45) is 0. The second-order valence-corrected chi connectivity index (χ2v) is 0.447. The van der Waals surface area contributed by atoms with Crippen LogP contribution in [0.5, 0.6) is 0 Å². The van der Waals surface area contributed by atoms with Crippen molar-refractivity contribution in [3.05, 3.63) is 0 Å². The summed E-state index contributed by atoms with van der Waals surface area (Å²) in [5, 5.41) is 14.6. The molecule has 0 spiro atoms. The Bertz CT molecular complexity index is 64.7. The molecule has 0 atom stereocenters. The Morgan fingerprint density at radius 3 is 1.00 bits per heavy atom. The Kier molecular flexibility index (Phi) is 90.2. The van der Waals surface area contributed by atoms with Crippen LogP contribution < -0.4 is 0 Å². The van der Waals surface area contributed by atoms with Crippen molar-refractivity contribution in [1.82, 2.24) is 0 Å². The molecule has 0 aliphatic heterocycles. The third-order valence-corrected chi connectivity index (χ3v) is 0. The van der Waals surface area contributed by atoms with E-state index >= 15 is 0 Å². The van der Waals surface area contributed by atoms with E-state index in [1.165, 1.54) is 13.8 Å². The minimum absolute atomic E-state index is 0. The predicted octanol–water partition coefficient (Wildman–Crippen LogP) is 1.06. The van der Waals surface area contributed by atoms with Gasteiger partial charge in [-0.3, -0.25) is 0 Å². The molecule has 0 saturated heterocycles. The number of hydrogen-bond acceptors (Lipinski definition) is 2. The van der Waals surface area contributed by atoms with Crippen molar-refractivity contribution in [3.8, 4) is 12.1 Å². The van der Waals surface area contributed by atoms with E-state index in [0.29, 0.717) is 0 Å². The topological polar surface area (TPSA) is 47.6 Å². The summed E-state index contributed by atoms with van der Waals surface area (Å²) >= 11 is 0. The molecule has 0 unspecified atom stereocenters. The first-order valence-electron chi connectivity index (χ1n) is 1.45. The summed E-state index contributed by atoms with van der Waals surface area (Å²) < 4.78 is 0. The van der Waals surface area contributed by atoms with E-state index < -0.39 is 0 Å². The molecule has 2 nitrogen and oxygen atoms in total. The Hall–Kier alpha value is -0.137. The van der Waals surface area contributed by atoms with E-state index in [0.717, 1.165) is 0 Å². The Morgan fingerprint density at radius 1 is 1.00 bits per heavy atom. The van der Waals surface area contributed by atoms with E-state index in [-0.39, 0.29) is 26.2 Å². The van der Waals surface area contributed by atoms with E-state index in [1.807, 2.05) is 0 Å². The summed E-state index contributed by atoms with van der Waals surface area (Å²) in [6, 6.07) is 3.50. The number of nitriles is 2. The maximum absolute atomic E-state index is 7.32. The first-order valence-corrected chi connectivity index (χ1v) is 1.45. The van der Waals surface area contributed by atoms with Crippen molar-refractivity contribution in [2.75, 3.05) is 0 Å². The van der Waals surface area contributed by atoms with Crippen LogP contribution in [0.4, 0.5) is 0 Å². The Labute approximate surface area is 62.9 Å². The van der Waals surface area contributed by atoms with E-state index in [4.69, 9.17) is 10.5 Å². The van der Waals surface area contributed by atoms with Crippen LogP contribution in [0, 0.1) is 22.7 Å². The molecule has 0 aliphatic rings. The zero-order valence-corrected chi connectivity index (χ0v) is 6.85. The molecular formula is C4H6N2Zr. The van der Waals surface area contributed by atoms with Gasteiger partial charge in [0, 0.05) is 40.1 Å². The first-order chi connectivity index (χ1) is 2.83. The van der Waals surface area contributed by atoms with Crippen LogP contribution in [0.1, 0.15) is 13.8 Å². The van der Waals surface area contributed by atoms with Crippen molar-refractivity contribution in [1.29, 1.82) is 10.5 Å². The average molecular weight is 173 g/mol. The largest absolute Gasteiger partial charge is 0.199 e. The second kappa shape index (κ2) is 39.9. The van der Waals surface area contributed by atoms with Crippen molar-refractivity contribution in [3.63, 3.8) is 0 Å². The summed E-state index contributed by atoms with van der Waals surface area (Å²) in [7, 11) is 0. The monoisotopic (exact) mass is 172 g/mol. The third kappa shape index (κ3) is 4670. The van der Waals surface area contributed by atoms with Gasteiger partial charge >= 0.3 is 0 Å². The average Bonchev–Trinajstić information content (AvgIpc) is 1.39. The molecule has 0 rings (SSSR count). The van der Waals surface area contributed by atoms with Gasteiger partial charge in [-0.2, -0.15) is 10.5 Å². The first kappa shape index (κ1) is 15.8. The summed E-state index contributed by atoms with van der Waals surface area (Å²) in [5.41, 5.74) is 0. The zero-order valence-electron chi connectivity index (χ0n) is 4.39. The fourth-order valence-corrected chi connectivity index (χ4v) is 0. The third-order valence-electron chi connectivity index (χ3n) is 0. The maximum atomic E-state index is 7.32. The summed E-state index contributed by atoms with van der Waals surface area (Å²) in [5.74, 6) is 0. The van der Waals surface area contributed by atoms with Gasteiger partial charge < -0.3 is 0 Å². The van der Waals surface area contributed by atoms with Gasteiger partial charge in [0.2, 0.25) is 0 Å². The van der Waals surface area contributed by atoms with E-state index in [9.17, 15) is 0 Å². The Morgan fingerprint density at radius 2 is 1.00 bits per heavy atom.